The van der Waals surface area contributed by atoms with Crippen molar-refractivity contribution in [3.8, 4) is 0 Å². The van der Waals surface area contributed by atoms with Crippen molar-refractivity contribution in [3.05, 3.63) is 36.5 Å². The molecule has 1 amide bonds. The largest absolute Gasteiger partial charge is 0.323 e. The third kappa shape index (κ3) is 3.96. The number of hydrogen-bond acceptors (Lipinski definition) is 3. The molecule has 0 radical (unpaired) electrons. The number of para-hydroxylation sites is 1. The first-order chi connectivity index (χ1) is 8.96. The molecule has 0 saturated carbocycles. The summed E-state index contributed by atoms with van der Waals surface area (Å²) in [5.41, 5.74) is 1.61. The fourth-order valence-electron chi connectivity index (χ4n) is 1.67. The van der Waals surface area contributed by atoms with Crippen LogP contribution in [0.4, 0.5) is 5.69 Å². The molecule has 3 nitrogen and oxygen atoms in total. The molecule has 2 rings (SSSR count). The molecule has 1 heterocycles. The molecule has 1 aromatic heterocycles. The number of hydrogen-bond donors (Lipinski definition) is 1. The van der Waals surface area contributed by atoms with Gasteiger partial charge in [-0.3, -0.25) is 9.78 Å². The summed E-state index contributed by atoms with van der Waals surface area (Å²) in [6.07, 6.45) is 1.74. The quantitative estimate of drug-likeness (QED) is 0.927. The number of nitrogens with zero attached hydrogens (tertiary/aromatic N) is 1. The van der Waals surface area contributed by atoms with Crippen LogP contribution in [0, 0.1) is 0 Å². The number of thioether (sulfide) groups is 1. The maximum atomic E-state index is 11.9. The Labute approximate surface area is 117 Å². The first-order valence-corrected chi connectivity index (χ1v) is 7.22. The van der Waals surface area contributed by atoms with E-state index in [1.807, 2.05) is 30.3 Å². The van der Waals surface area contributed by atoms with Gasteiger partial charge < -0.3 is 5.32 Å². The topological polar surface area (TPSA) is 42.0 Å². The van der Waals surface area contributed by atoms with Gasteiger partial charge in [0.1, 0.15) is 0 Å². The van der Waals surface area contributed by atoms with Gasteiger partial charge in [-0.1, -0.05) is 39.0 Å². The Bertz CT molecular complexity index is 585. The van der Waals surface area contributed by atoms with Gasteiger partial charge in [0.2, 0.25) is 5.91 Å². The molecule has 0 saturated heterocycles. The van der Waals surface area contributed by atoms with E-state index < -0.39 is 0 Å². The van der Waals surface area contributed by atoms with Crippen LogP contribution in [0.3, 0.4) is 0 Å². The summed E-state index contributed by atoms with van der Waals surface area (Å²) in [7, 11) is 0. The SMILES string of the molecule is CC(C)(C)SCC(=O)Nc1cccc2cccnc12. The highest BCUT2D eigenvalue weighted by Crippen LogP contribution is 2.24. The number of amides is 1. The Hall–Kier alpha value is -1.55. The lowest BCUT2D eigenvalue weighted by molar-refractivity contribution is -0.113. The van der Waals surface area contributed by atoms with Crippen LogP contribution in [-0.2, 0) is 4.79 Å². The van der Waals surface area contributed by atoms with Gasteiger partial charge in [-0.2, -0.15) is 0 Å². The van der Waals surface area contributed by atoms with Gasteiger partial charge >= 0.3 is 0 Å². The molecule has 1 aromatic carbocycles. The molecule has 0 fully saturated rings. The van der Waals surface area contributed by atoms with Gasteiger partial charge in [0.05, 0.1) is 17.0 Å². The number of carbonyl (C=O) groups is 1. The molecule has 0 atom stereocenters. The number of rotatable bonds is 3. The summed E-state index contributed by atoms with van der Waals surface area (Å²) in [5, 5.41) is 3.97. The third-order valence-corrected chi connectivity index (χ3v) is 3.82. The van der Waals surface area contributed by atoms with Crippen LogP contribution >= 0.6 is 11.8 Å². The maximum Gasteiger partial charge on any atom is 0.234 e. The van der Waals surface area contributed by atoms with E-state index in [0.717, 1.165) is 16.6 Å². The Morgan fingerprint density at radius 2 is 2.00 bits per heavy atom. The van der Waals surface area contributed by atoms with Crippen molar-refractivity contribution in [2.75, 3.05) is 11.1 Å². The van der Waals surface area contributed by atoms with Gasteiger partial charge in [-0.05, 0) is 12.1 Å². The molecule has 0 aliphatic carbocycles. The zero-order valence-electron chi connectivity index (χ0n) is 11.4. The fourth-order valence-corrected chi connectivity index (χ4v) is 2.31. The van der Waals surface area contributed by atoms with Crippen molar-refractivity contribution < 1.29 is 4.79 Å². The molecule has 0 unspecified atom stereocenters. The Balaban J connectivity index is 2.11. The van der Waals surface area contributed by atoms with Crippen LogP contribution in [0.15, 0.2) is 36.5 Å². The van der Waals surface area contributed by atoms with Crippen LogP contribution in [0.25, 0.3) is 10.9 Å². The van der Waals surface area contributed by atoms with Crippen molar-refractivity contribution in [1.29, 1.82) is 0 Å². The summed E-state index contributed by atoms with van der Waals surface area (Å²) >= 11 is 1.63. The maximum absolute atomic E-state index is 11.9. The minimum absolute atomic E-state index is 0.0121. The van der Waals surface area contributed by atoms with E-state index >= 15 is 0 Å². The molecular formula is C15H18N2OS. The highest BCUT2D eigenvalue weighted by molar-refractivity contribution is 8.01. The number of aromatic nitrogens is 1. The van der Waals surface area contributed by atoms with Crippen LogP contribution in [0.1, 0.15) is 20.8 Å². The van der Waals surface area contributed by atoms with Crippen LogP contribution in [0.2, 0.25) is 0 Å². The monoisotopic (exact) mass is 274 g/mol. The summed E-state index contributed by atoms with van der Waals surface area (Å²) in [6, 6.07) is 9.68. The minimum atomic E-state index is 0.0121. The predicted molar refractivity (Wildman–Crippen MR) is 82.6 cm³/mol. The lowest BCUT2D eigenvalue weighted by Gasteiger charge is -2.17. The summed E-state index contributed by atoms with van der Waals surface area (Å²) < 4.78 is 0.0916. The van der Waals surface area contributed by atoms with Crippen molar-refractivity contribution in [1.82, 2.24) is 4.98 Å². The average molecular weight is 274 g/mol. The number of fused-ring (bicyclic) bond motifs is 1. The molecule has 0 aliphatic heterocycles. The van der Waals surface area contributed by atoms with Gasteiger partial charge in [0.25, 0.3) is 0 Å². The molecule has 19 heavy (non-hydrogen) atoms. The third-order valence-electron chi connectivity index (χ3n) is 2.54. The van der Waals surface area contributed by atoms with E-state index in [9.17, 15) is 4.79 Å². The number of benzene rings is 1. The second kappa shape index (κ2) is 5.61. The van der Waals surface area contributed by atoms with E-state index in [0.29, 0.717) is 5.75 Å². The van der Waals surface area contributed by atoms with Crippen molar-refractivity contribution in [2.24, 2.45) is 0 Å². The summed E-state index contributed by atoms with van der Waals surface area (Å²) in [6.45, 7) is 6.30. The molecule has 1 N–H and O–H groups in total. The molecular weight excluding hydrogens is 256 g/mol. The lowest BCUT2D eigenvalue weighted by Crippen LogP contribution is -2.19. The standard InChI is InChI=1S/C15H18N2OS/c1-15(2,3)19-10-13(18)17-12-8-4-6-11-7-5-9-16-14(11)12/h4-9H,10H2,1-3H3,(H,17,18). The smallest absolute Gasteiger partial charge is 0.234 e. The van der Waals surface area contributed by atoms with E-state index in [1.165, 1.54) is 0 Å². The molecule has 4 heteroatoms. The Morgan fingerprint density at radius 3 is 2.74 bits per heavy atom. The van der Waals surface area contributed by atoms with E-state index in [2.05, 4.69) is 31.1 Å². The van der Waals surface area contributed by atoms with E-state index in [1.54, 1.807) is 18.0 Å². The molecule has 0 aliphatic rings. The Kier molecular flexibility index (Phi) is 4.10. The first kappa shape index (κ1) is 13.9. The lowest BCUT2D eigenvalue weighted by atomic mass is 10.2. The van der Waals surface area contributed by atoms with Gasteiger partial charge in [0, 0.05) is 16.3 Å². The Morgan fingerprint density at radius 1 is 1.26 bits per heavy atom. The predicted octanol–water partition coefficient (Wildman–Crippen LogP) is 3.71. The van der Waals surface area contributed by atoms with E-state index in [4.69, 9.17) is 0 Å². The number of pyridine rings is 1. The van der Waals surface area contributed by atoms with Crippen LogP contribution < -0.4 is 5.32 Å². The second-order valence-electron chi connectivity index (χ2n) is 5.33. The fraction of sp³-hybridized carbons (Fsp3) is 0.333. The van der Waals surface area contributed by atoms with Crippen molar-refractivity contribution in [3.63, 3.8) is 0 Å². The first-order valence-electron chi connectivity index (χ1n) is 6.23. The molecule has 2 aromatic rings. The van der Waals surface area contributed by atoms with Gasteiger partial charge in [-0.15, -0.1) is 11.8 Å². The molecule has 100 valence electrons. The summed E-state index contributed by atoms with van der Waals surface area (Å²) in [5.74, 6) is 0.463. The summed E-state index contributed by atoms with van der Waals surface area (Å²) in [4.78, 5) is 16.3. The number of anilines is 1. The number of nitrogens with one attached hydrogen (secondary N) is 1. The van der Waals surface area contributed by atoms with Gasteiger partial charge in [-0.25, -0.2) is 0 Å². The highest BCUT2D eigenvalue weighted by Gasteiger charge is 2.14. The second-order valence-corrected chi connectivity index (χ2v) is 7.13. The zero-order chi connectivity index (χ0) is 13.9. The minimum Gasteiger partial charge on any atom is -0.323 e. The van der Waals surface area contributed by atoms with E-state index in [-0.39, 0.29) is 10.7 Å². The van der Waals surface area contributed by atoms with Crippen LogP contribution in [-0.4, -0.2) is 21.4 Å². The zero-order valence-corrected chi connectivity index (χ0v) is 12.3. The number of carbonyl (C=O) groups excluding carboxylic acids is 1. The van der Waals surface area contributed by atoms with Crippen molar-refractivity contribution >= 4 is 34.3 Å². The molecule has 0 bridgehead atoms. The average Bonchev–Trinajstić information content (AvgIpc) is 2.36. The highest BCUT2D eigenvalue weighted by atomic mass is 32.2. The van der Waals surface area contributed by atoms with Gasteiger partial charge in [0.15, 0.2) is 0 Å². The van der Waals surface area contributed by atoms with Crippen molar-refractivity contribution in [2.45, 2.75) is 25.5 Å². The van der Waals surface area contributed by atoms with Crippen LogP contribution in [0.5, 0.6) is 0 Å². The normalized spacial score (nSPS) is 11.5. The molecule has 0 spiro atoms.